The SMILES string of the molecule is CN=C(NCc1ccc(COC)cc1)NCC1(CCO)CCOC1. The number of aliphatic hydroxyl groups is 1. The fourth-order valence-corrected chi connectivity index (χ4v) is 2.91. The van der Waals surface area contributed by atoms with Crippen LogP contribution in [0.5, 0.6) is 0 Å². The molecule has 0 bridgehead atoms. The maximum Gasteiger partial charge on any atom is 0.191 e. The summed E-state index contributed by atoms with van der Waals surface area (Å²) >= 11 is 0. The minimum absolute atomic E-state index is 0.00811. The van der Waals surface area contributed by atoms with E-state index in [-0.39, 0.29) is 12.0 Å². The largest absolute Gasteiger partial charge is 0.396 e. The number of methoxy groups -OCH3 is 1. The van der Waals surface area contributed by atoms with E-state index in [1.807, 2.05) is 0 Å². The lowest BCUT2D eigenvalue weighted by molar-refractivity contribution is 0.127. The molecule has 1 aromatic rings. The number of benzene rings is 1. The third kappa shape index (κ3) is 5.47. The van der Waals surface area contributed by atoms with E-state index in [1.165, 1.54) is 5.56 Å². The smallest absolute Gasteiger partial charge is 0.191 e. The van der Waals surface area contributed by atoms with Crippen molar-refractivity contribution in [2.75, 3.05) is 40.5 Å². The lowest BCUT2D eigenvalue weighted by Gasteiger charge is -2.27. The summed E-state index contributed by atoms with van der Waals surface area (Å²) in [6, 6.07) is 8.32. The Kier molecular flexibility index (Phi) is 7.49. The Morgan fingerprint density at radius 2 is 2.04 bits per heavy atom. The van der Waals surface area contributed by atoms with E-state index in [1.54, 1.807) is 14.2 Å². The summed E-state index contributed by atoms with van der Waals surface area (Å²) in [5.41, 5.74) is 2.36. The molecule has 134 valence electrons. The van der Waals surface area contributed by atoms with Crippen molar-refractivity contribution in [3.05, 3.63) is 35.4 Å². The number of hydrogen-bond donors (Lipinski definition) is 3. The average Bonchev–Trinajstić information content (AvgIpc) is 3.06. The molecular weight excluding hydrogens is 306 g/mol. The third-order valence-electron chi connectivity index (χ3n) is 4.48. The highest BCUT2D eigenvalue weighted by Crippen LogP contribution is 2.31. The van der Waals surface area contributed by atoms with Gasteiger partial charge in [0.25, 0.3) is 0 Å². The number of nitrogens with zero attached hydrogens (tertiary/aromatic N) is 1. The lowest BCUT2D eigenvalue weighted by atomic mass is 9.84. The van der Waals surface area contributed by atoms with Gasteiger partial charge in [-0.05, 0) is 24.0 Å². The Hall–Kier alpha value is -1.63. The highest BCUT2D eigenvalue weighted by atomic mass is 16.5. The summed E-state index contributed by atoms with van der Waals surface area (Å²) < 4.78 is 10.6. The summed E-state index contributed by atoms with van der Waals surface area (Å²) in [5, 5.41) is 16.0. The van der Waals surface area contributed by atoms with Crippen molar-refractivity contribution < 1.29 is 14.6 Å². The highest BCUT2D eigenvalue weighted by Gasteiger charge is 2.34. The van der Waals surface area contributed by atoms with Crippen molar-refractivity contribution in [1.29, 1.82) is 0 Å². The fourth-order valence-electron chi connectivity index (χ4n) is 2.91. The van der Waals surface area contributed by atoms with Crippen LogP contribution in [0.25, 0.3) is 0 Å². The number of ether oxygens (including phenoxy) is 2. The molecule has 1 aliphatic heterocycles. The normalized spacial score (nSPS) is 21.0. The maximum atomic E-state index is 9.29. The van der Waals surface area contributed by atoms with Crippen molar-refractivity contribution in [1.82, 2.24) is 10.6 Å². The molecule has 1 fully saturated rings. The van der Waals surface area contributed by atoms with Gasteiger partial charge >= 0.3 is 0 Å². The van der Waals surface area contributed by atoms with E-state index >= 15 is 0 Å². The molecule has 0 aliphatic carbocycles. The predicted molar refractivity (Wildman–Crippen MR) is 94.9 cm³/mol. The van der Waals surface area contributed by atoms with E-state index in [0.717, 1.165) is 37.5 Å². The number of nitrogens with one attached hydrogen (secondary N) is 2. The van der Waals surface area contributed by atoms with Gasteiger partial charge < -0.3 is 25.2 Å². The molecule has 1 aliphatic rings. The quantitative estimate of drug-likeness (QED) is 0.493. The third-order valence-corrected chi connectivity index (χ3v) is 4.48. The Morgan fingerprint density at radius 1 is 1.29 bits per heavy atom. The molecular formula is C18H29N3O3. The van der Waals surface area contributed by atoms with Crippen molar-refractivity contribution in [3.63, 3.8) is 0 Å². The molecule has 1 unspecified atom stereocenters. The highest BCUT2D eigenvalue weighted by molar-refractivity contribution is 5.79. The molecule has 1 saturated heterocycles. The summed E-state index contributed by atoms with van der Waals surface area (Å²) in [6.45, 7) is 3.73. The first-order valence-electron chi connectivity index (χ1n) is 8.41. The number of aliphatic imine (C=N–C) groups is 1. The molecule has 0 aromatic heterocycles. The van der Waals surface area contributed by atoms with Crippen LogP contribution in [-0.4, -0.2) is 51.6 Å². The van der Waals surface area contributed by atoms with E-state index < -0.39 is 0 Å². The zero-order valence-corrected chi connectivity index (χ0v) is 14.7. The number of hydrogen-bond acceptors (Lipinski definition) is 4. The summed E-state index contributed by atoms with van der Waals surface area (Å²) in [6.07, 6.45) is 1.72. The van der Waals surface area contributed by atoms with Crippen molar-refractivity contribution in [2.24, 2.45) is 10.4 Å². The monoisotopic (exact) mass is 335 g/mol. The molecule has 2 rings (SSSR count). The molecule has 1 heterocycles. The standard InChI is InChI=1S/C18H29N3O3/c1-19-17(21-13-18(7-9-22)8-10-24-14-18)20-11-15-3-5-16(6-4-15)12-23-2/h3-6,22H,7-14H2,1-2H3,(H2,19,20,21). The van der Waals surface area contributed by atoms with Crippen LogP contribution in [0, 0.1) is 5.41 Å². The molecule has 3 N–H and O–H groups in total. The lowest BCUT2D eigenvalue weighted by Crippen LogP contribution is -2.44. The Labute approximate surface area is 144 Å². The zero-order valence-electron chi connectivity index (χ0n) is 14.7. The number of guanidine groups is 1. The molecule has 24 heavy (non-hydrogen) atoms. The topological polar surface area (TPSA) is 75.1 Å². The zero-order chi connectivity index (χ0) is 17.3. The van der Waals surface area contributed by atoms with Crippen LogP contribution >= 0.6 is 0 Å². The molecule has 1 aromatic carbocycles. The maximum absolute atomic E-state index is 9.29. The van der Waals surface area contributed by atoms with Crippen molar-refractivity contribution in [3.8, 4) is 0 Å². The van der Waals surface area contributed by atoms with E-state index in [9.17, 15) is 5.11 Å². The molecule has 6 nitrogen and oxygen atoms in total. The molecule has 0 spiro atoms. The fraction of sp³-hybridized carbons (Fsp3) is 0.611. The minimum atomic E-state index is 0.00811. The van der Waals surface area contributed by atoms with Gasteiger partial charge in [0.1, 0.15) is 0 Å². The van der Waals surface area contributed by atoms with Crippen LogP contribution in [0.1, 0.15) is 24.0 Å². The van der Waals surface area contributed by atoms with Crippen LogP contribution < -0.4 is 10.6 Å². The van der Waals surface area contributed by atoms with Gasteiger partial charge in [-0.2, -0.15) is 0 Å². The van der Waals surface area contributed by atoms with Crippen molar-refractivity contribution >= 4 is 5.96 Å². The van der Waals surface area contributed by atoms with Gasteiger partial charge in [-0.25, -0.2) is 0 Å². The molecule has 0 radical (unpaired) electrons. The van der Waals surface area contributed by atoms with E-state index in [2.05, 4.69) is 39.9 Å². The molecule has 1 atom stereocenters. The van der Waals surface area contributed by atoms with Gasteiger partial charge in [-0.15, -0.1) is 0 Å². The first-order valence-corrected chi connectivity index (χ1v) is 8.41. The van der Waals surface area contributed by atoms with Crippen LogP contribution in [0.15, 0.2) is 29.3 Å². The first-order chi connectivity index (χ1) is 11.7. The van der Waals surface area contributed by atoms with E-state index in [4.69, 9.17) is 9.47 Å². The van der Waals surface area contributed by atoms with Crippen LogP contribution in [0.4, 0.5) is 0 Å². The summed E-state index contributed by atoms with van der Waals surface area (Å²) in [7, 11) is 3.46. The van der Waals surface area contributed by atoms with Gasteiger partial charge in [0, 0.05) is 45.9 Å². The predicted octanol–water partition coefficient (Wildman–Crippen LogP) is 1.29. The van der Waals surface area contributed by atoms with Gasteiger partial charge in [0.05, 0.1) is 13.2 Å². The molecule has 6 heteroatoms. The van der Waals surface area contributed by atoms with Crippen LogP contribution in [0.2, 0.25) is 0 Å². The second-order valence-electron chi connectivity index (χ2n) is 6.31. The Bertz CT molecular complexity index is 511. The van der Waals surface area contributed by atoms with Gasteiger partial charge in [-0.1, -0.05) is 24.3 Å². The molecule has 0 amide bonds. The van der Waals surface area contributed by atoms with Crippen LogP contribution in [0.3, 0.4) is 0 Å². The summed E-state index contributed by atoms with van der Waals surface area (Å²) in [4.78, 5) is 4.27. The second kappa shape index (κ2) is 9.61. The number of aliphatic hydroxyl groups excluding tert-OH is 1. The summed E-state index contributed by atoms with van der Waals surface area (Å²) in [5.74, 6) is 0.764. The first kappa shape index (κ1) is 18.7. The van der Waals surface area contributed by atoms with Crippen molar-refractivity contribution in [2.45, 2.75) is 26.0 Å². The second-order valence-corrected chi connectivity index (χ2v) is 6.31. The van der Waals surface area contributed by atoms with Gasteiger partial charge in [0.2, 0.25) is 0 Å². The van der Waals surface area contributed by atoms with Gasteiger partial charge in [0.15, 0.2) is 5.96 Å². The Morgan fingerprint density at radius 3 is 2.62 bits per heavy atom. The van der Waals surface area contributed by atoms with Crippen LogP contribution in [-0.2, 0) is 22.6 Å². The minimum Gasteiger partial charge on any atom is -0.396 e. The average molecular weight is 335 g/mol. The number of rotatable bonds is 8. The molecule has 0 saturated carbocycles. The van der Waals surface area contributed by atoms with Gasteiger partial charge in [-0.3, -0.25) is 4.99 Å². The Balaban J connectivity index is 1.81. The van der Waals surface area contributed by atoms with E-state index in [0.29, 0.717) is 19.8 Å².